The number of aromatic nitrogens is 4. The Balaban J connectivity index is 1.68. The summed E-state index contributed by atoms with van der Waals surface area (Å²) < 4.78 is 9.79. The van der Waals surface area contributed by atoms with Crippen molar-refractivity contribution in [3.8, 4) is 5.75 Å². The van der Waals surface area contributed by atoms with Gasteiger partial charge in [-0.15, -0.1) is 0 Å². The van der Waals surface area contributed by atoms with Gasteiger partial charge in [0.05, 0.1) is 25.4 Å². The highest BCUT2D eigenvalue weighted by Crippen LogP contribution is 2.32. The van der Waals surface area contributed by atoms with E-state index in [1.165, 1.54) is 11.3 Å². The van der Waals surface area contributed by atoms with Gasteiger partial charge in [0.2, 0.25) is 0 Å². The van der Waals surface area contributed by atoms with Gasteiger partial charge in [0, 0.05) is 37.7 Å². The van der Waals surface area contributed by atoms with Gasteiger partial charge < -0.3 is 9.30 Å². The Bertz CT molecular complexity index is 882. The number of hydrogen-bond donors (Lipinski definition) is 0. The Morgan fingerprint density at radius 2 is 2.12 bits per heavy atom. The number of rotatable bonds is 5. The van der Waals surface area contributed by atoms with Gasteiger partial charge in [-0.3, -0.25) is 9.58 Å². The summed E-state index contributed by atoms with van der Waals surface area (Å²) in [6.07, 6.45) is 5.85. The van der Waals surface area contributed by atoms with Crippen molar-refractivity contribution < 1.29 is 4.74 Å². The maximum atomic E-state index is 5.44. The second-order valence-electron chi connectivity index (χ2n) is 7.05. The lowest BCUT2D eigenvalue weighted by atomic mass is 10.0. The van der Waals surface area contributed by atoms with Crippen LogP contribution in [0.2, 0.25) is 0 Å². The number of fused-ring (bicyclic) bond motifs is 1. The molecule has 0 radical (unpaired) electrons. The molecule has 0 amide bonds. The normalized spacial score (nSPS) is 17.5. The number of benzene rings is 1. The maximum absolute atomic E-state index is 5.44. The average Bonchev–Trinajstić information content (AvgIpc) is 3.30. The largest absolute Gasteiger partial charge is 0.497 e. The van der Waals surface area contributed by atoms with Crippen molar-refractivity contribution in [2.75, 3.05) is 7.11 Å². The van der Waals surface area contributed by atoms with Gasteiger partial charge in [0.1, 0.15) is 11.6 Å². The van der Waals surface area contributed by atoms with E-state index in [9.17, 15) is 0 Å². The molecule has 4 rings (SSSR count). The van der Waals surface area contributed by atoms with Crippen LogP contribution in [0.15, 0.2) is 48.9 Å². The first-order chi connectivity index (χ1) is 12.7. The fourth-order valence-corrected chi connectivity index (χ4v) is 3.72. The molecule has 0 bridgehead atoms. The summed E-state index contributed by atoms with van der Waals surface area (Å²) in [5.74, 6) is 2.01. The Morgan fingerprint density at radius 3 is 2.92 bits per heavy atom. The molecule has 6 heteroatoms. The molecular weight excluding hydrogens is 326 g/mol. The maximum Gasteiger partial charge on any atom is 0.122 e. The third-order valence-electron chi connectivity index (χ3n) is 5.04. The number of ether oxygens (including phenoxy) is 1. The first kappa shape index (κ1) is 16.8. The molecule has 6 nitrogen and oxygen atoms in total. The Kier molecular flexibility index (Phi) is 4.51. The van der Waals surface area contributed by atoms with Gasteiger partial charge >= 0.3 is 0 Å². The zero-order valence-corrected chi connectivity index (χ0v) is 15.5. The molecule has 0 saturated heterocycles. The molecule has 1 aliphatic rings. The summed E-state index contributed by atoms with van der Waals surface area (Å²) in [7, 11) is 1.72. The van der Waals surface area contributed by atoms with Crippen LogP contribution in [0.1, 0.15) is 43.0 Å². The van der Waals surface area contributed by atoms with Gasteiger partial charge in [-0.1, -0.05) is 12.1 Å². The zero-order valence-electron chi connectivity index (χ0n) is 15.5. The molecular formula is C20H25N5O. The van der Waals surface area contributed by atoms with E-state index in [-0.39, 0.29) is 6.04 Å². The zero-order chi connectivity index (χ0) is 18.1. The van der Waals surface area contributed by atoms with E-state index in [2.05, 4.69) is 68.5 Å². The van der Waals surface area contributed by atoms with Crippen molar-refractivity contribution >= 4 is 0 Å². The molecule has 0 fully saturated rings. The first-order valence-corrected chi connectivity index (χ1v) is 9.06. The molecule has 2 aromatic heterocycles. The smallest absolute Gasteiger partial charge is 0.122 e. The highest BCUT2D eigenvalue weighted by atomic mass is 16.5. The predicted molar refractivity (Wildman–Crippen MR) is 99.8 cm³/mol. The lowest BCUT2D eigenvalue weighted by Crippen LogP contribution is -2.37. The van der Waals surface area contributed by atoms with Gasteiger partial charge in [0.15, 0.2) is 0 Å². The lowest BCUT2D eigenvalue weighted by Gasteiger charge is -2.36. The second kappa shape index (κ2) is 6.96. The van der Waals surface area contributed by atoms with Crippen LogP contribution in [-0.2, 0) is 19.6 Å². The summed E-state index contributed by atoms with van der Waals surface area (Å²) in [6, 6.07) is 11.1. The monoisotopic (exact) mass is 351 g/mol. The predicted octanol–water partition coefficient (Wildman–Crippen LogP) is 3.43. The number of imidazole rings is 1. The van der Waals surface area contributed by atoms with E-state index >= 15 is 0 Å². The van der Waals surface area contributed by atoms with Crippen LogP contribution < -0.4 is 4.74 Å². The van der Waals surface area contributed by atoms with Crippen LogP contribution in [0.3, 0.4) is 0 Å². The van der Waals surface area contributed by atoms with Crippen LogP contribution in [-0.4, -0.2) is 31.3 Å². The fraction of sp³-hybridized carbons (Fsp3) is 0.400. The van der Waals surface area contributed by atoms with Crippen molar-refractivity contribution in [2.24, 2.45) is 0 Å². The Hall–Kier alpha value is -2.60. The van der Waals surface area contributed by atoms with Gasteiger partial charge in [-0.05, 0) is 37.6 Å². The molecule has 26 heavy (non-hydrogen) atoms. The summed E-state index contributed by atoms with van der Waals surface area (Å²) in [4.78, 5) is 7.01. The minimum absolute atomic E-state index is 0.266. The molecule has 136 valence electrons. The molecule has 3 aromatic rings. The van der Waals surface area contributed by atoms with Crippen molar-refractivity contribution in [1.29, 1.82) is 0 Å². The van der Waals surface area contributed by atoms with Crippen LogP contribution in [0.25, 0.3) is 0 Å². The molecule has 0 aliphatic carbocycles. The van der Waals surface area contributed by atoms with E-state index < -0.39 is 0 Å². The molecule has 1 aromatic carbocycles. The molecule has 1 aliphatic heterocycles. The highest BCUT2D eigenvalue weighted by Gasteiger charge is 2.29. The standard InChI is InChI=1S/C20H25N5O/c1-15(2)25-17(7-8-22-25)12-24-14-20-21-9-10-23(20)13-19(24)16-5-4-6-18(11-16)26-3/h4-11,15,19H,12-14H2,1-3H3/t19-/m0/s1. The second-order valence-corrected chi connectivity index (χ2v) is 7.05. The number of nitrogens with zero attached hydrogens (tertiary/aromatic N) is 5. The van der Waals surface area contributed by atoms with Crippen LogP contribution in [0.5, 0.6) is 5.75 Å². The van der Waals surface area contributed by atoms with Gasteiger partial charge in [0.25, 0.3) is 0 Å². The summed E-state index contributed by atoms with van der Waals surface area (Å²) in [5.41, 5.74) is 2.49. The van der Waals surface area contributed by atoms with Crippen molar-refractivity contribution in [1.82, 2.24) is 24.2 Å². The van der Waals surface area contributed by atoms with Gasteiger partial charge in [-0.25, -0.2) is 4.98 Å². The van der Waals surface area contributed by atoms with Crippen molar-refractivity contribution in [3.63, 3.8) is 0 Å². The third kappa shape index (κ3) is 3.12. The number of hydrogen-bond acceptors (Lipinski definition) is 4. The van der Waals surface area contributed by atoms with Crippen LogP contribution in [0.4, 0.5) is 0 Å². The van der Waals surface area contributed by atoms with Crippen LogP contribution >= 0.6 is 0 Å². The van der Waals surface area contributed by atoms with E-state index in [1.54, 1.807) is 7.11 Å². The van der Waals surface area contributed by atoms with E-state index in [1.807, 2.05) is 18.5 Å². The van der Waals surface area contributed by atoms with E-state index in [0.29, 0.717) is 6.04 Å². The first-order valence-electron chi connectivity index (χ1n) is 9.06. The molecule has 0 spiro atoms. The topological polar surface area (TPSA) is 48.1 Å². The SMILES string of the molecule is COc1cccc([C@@H]2Cn3ccnc3CN2Cc2ccnn2C(C)C)c1. The molecule has 3 heterocycles. The fourth-order valence-electron chi connectivity index (χ4n) is 3.72. The highest BCUT2D eigenvalue weighted by molar-refractivity contribution is 5.31. The number of methoxy groups -OCH3 is 1. The minimum atomic E-state index is 0.266. The molecule has 0 unspecified atom stereocenters. The molecule has 0 N–H and O–H groups in total. The third-order valence-corrected chi connectivity index (χ3v) is 5.04. The van der Waals surface area contributed by atoms with Crippen molar-refractivity contribution in [2.45, 2.75) is 45.6 Å². The average molecular weight is 351 g/mol. The van der Waals surface area contributed by atoms with Crippen LogP contribution in [0, 0.1) is 0 Å². The van der Waals surface area contributed by atoms with Gasteiger partial charge in [-0.2, -0.15) is 5.10 Å². The van der Waals surface area contributed by atoms with Crippen molar-refractivity contribution in [3.05, 3.63) is 66.0 Å². The summed E-state index contributed by atoms with van der Waals surface area (Å²) >= 11 is 0. The molecule has 0 saturated carbocycles. The molecule has 1 atom stereocenters. The summed E-state index contributed by atoms with van der Waals surface area (Å²) in [5, 5.41) is 4.49. The van der Waals surface area contributed by atoms with E-state index in [4.69, 9.17) is 4.74 Å². The summed E-state index contributed by atoms with van der Waals surface area (Å²) in [6.45, 7) is 6.88. The minimum Gasteiger partial charge on any atom is -0.497 e. The Morgan fingerprint density at radius 1 is 1.23 bits per heavy atom. The quantitative estimate of drug-likeness (QED) is 0.707. The lowest BCUT2D eigenvalue weighted by molar-refractivity contribution is 0.123. The van der Waals surface area contributed by atoms with E-state index in [0.717, 1.165) is 31.2 Å². The Labute approximate surface area is 154 Å².